The van der Waals surface area contributed by atoms with Crippen LogP contribution in [0.5, 0.6) is 5.75 Å². The molecule has 0 bridgehead atoms. The van der Waals surface area contributed by atoms with E-state index < -0.39 is 17.7 Å². The molecule has 2 amide bonds. The van der Waals surface area contributed by atoms with Gasteiger partial charge in [-0.25, -0.2) is 4.79 Å². The predicted octanol–water partition coefficient (Wildman–Crippen LogP) is 1.57. The molecule has 1 saturated heterocycles. The van der Waals surface area contributed by atoms with Crippen LogP contribution in [0, 0.1) is 11.8 Å². The summed E-state index contributed by atoms with van der Waals surface area (Å²) in [7, 11) is 1.62. The highest BCUT2D eigenvalue weighted by Gasteiger charge is 2.34. The molecule has 178 valence electrons. The first-order valence-corrected chi connectivity index (χ1v) is 11.2. The first-order valence-electron chi connectivity index (χ1n) is 11.2. The van der Waals surface area contributed by atoms with Crippen LogP contribution in [0.15, 0.2) is 60.9 Å². The number of anilines is 1. The summed E-state index contributed by atoms with van der Waals surface area (Å²) in [6.45, 7) is 0.331. The second-order valence-electron chi connectivity index (χ2n) is 8.62. The van der Waals surface area contributed by atoms with Crippen molar-refractivity contribution in [2.45, 2.75) is 18.1 Å². The SMILES string of the molecule is CN1C(=O)[C@@H](NC(=O)n2cc(Cc3ccccc3)cn2)COc2ccc(C#CC3(O)COC3)cc21. The minimum atomic E-state index is -1.13. The standard InChI is InChI=1S/C26H24N4O5/c1-29-22-12-19(9-10-26(33)16-34-17-26)7-8-23(22)35-15-21(24(29)31)28-25(32)30-14-20(13-27-30)11-18-5-3-2-4-6-18/h2-8,12-14,21,33H,11,15-17H2,1H3,(H,28,32)/t21-/m0/s1. The average molecular weight is 473 g/mol. The normalized spacial score (nSPS) is 18.3. The summed E-state index contributed by atoms with van der Waals surface area (Å²) in [5, 5.41) is 17.0. The van der Waals surface area contributed by atoms with Crippen LogP contribution in [0.2, 0.25) is 0 Å². The van der Waals surface area contributed by atoms with Gasteiger partial charge in [-0.2, -0.15) is 9.78 Å². The Morgan fingerprint density at radius 2 is 2.03 bits per heavy atom. The number of ether oxygens (including phenoxy) is 2. The molecule has 9 nitrogen and oxygen atoms in total. The molecule has 1 fully saturated rings. The molecule has 0 saturated carbocycles. The number of aromatic nitrogens is 2. The first-order chi connectivity index (χ1) is 16.9. The average Bonchev–Trinajstić information content (AvgIpc) is 3.28. The van der Waals surface area contributed by atoms with Gasteiger partial charge in [0.05, 0.1) is 25.1 Å². The van der Waals surface area contributed by atoms with Crippen LogP contribution in [-0.4, -0.2) is 65.3 Å². The maximum Gasteiger partial charge on any atom is 0.342 e. The number of nitrogens with one attached hydrogen (secondary N) is 1. The fourth-order valence-corrected chi connectivity index (χ4v) is 3.84. The van der Waals surface area contributed by atoms with Crippen LogP contribution < -0.4 is 15.0 Å². The lowest BCUT2D eigenvalue weighted by atomic mass is 10.0. The number of nitrogens with zero attached hydrogens (tertiary/aromatic N) is 3. The van der Waals surface area contributed by atoms with Crippen LogP contribution in [0.3, 0.4) is 0 Å². The van der Waals surface area contributed by atoms with E-state index in [4.69, 9.17) is 9.47 Å². The van der Waals surface area contributed by atoms with Crippen LogP contribution in [0.4, 0.5) is 10.5 Å². The van der Waals surface area contributed by atoms with E-state index in [2.05, 4.69) is 22.3 Å². The zero-order chi connectivity index (χ0) is 24.4. The Labute approximate surface area is 202 Å². The molecule has 0 aliphatic carbocycles. The number of amides is 2. The molecule has 2 aliphatic heterocycles. The van der Waals surface area contributed by atoms with Crippen molar-refractivity contribution < 1.29 is 24.2 Å². The third-order valence-electron chi connectivity index (χ3n) is 5.87. The van der Waals surface area contributed by atoms with Crippen LogP contribution in [0.1, 0.15) is 16.7 Å². The van der Waals surface area contributed by atoms with Gasteiger partial charge in [-0.05, 0) is 29.3 Å². The van der Waals surface area contributed by atoms with Crippen molar-refractivity contribution in [3.63, 3.8) is 0 Å². The molecule has 5 rings (SSSR count). The molecule has 35 heavy (non-hydrogen) atoms. The van der Waals surface area contributed by atoms with E-state index in [1.54, 1.807) is 37.6 Å². The van der Waals surface area contributed by atoms with E-state index in [0.29, 0.717) is 23.4 Å². The van der Waals surface area contributed by atoms with Crippen molar-refractivity contribution in [2.75, 3.05) is 31.8 Å². The molecule has 3 heterocycles. The molecule has 1 aromatic heterocycles. The van der Waals surface area contributed by atoms with Crippen molar-refractivity contribution in [2.24, 2.45) is 0 Å². The Bertz CT molecular complexity index is 1320. The molecule has 9 heteroatoms. The number of aliphatic hydroxyl groups is 1. The summed E-state index contributed by atoms with van der Waals surface area (Å²) < 4.78 is 12.0. The predicted molar refractivity (Wildman–Crippen MR) is 127 cm³/mol. The van der Waals surface area contributed by atoms with Gasteiger partial charge in [0.15, 0.2) is 5.60 Å². The zero-order valence-corrected chi connectivity index (χ0v) is 19.1. The Morgan fingerprint density at radius 3 is 2.77 bits per heavy atom. The Morgan fingerprint density at radius 1 is 1.23 bits per heavy atom. The first kappa shape index (κ1) is 22.7. The van der Waals surface area contributed by atoms with Gasteiger partial charge in [-0.1, -0.05) is 42.2 Å². The number of carbonyl (C=O) groups is 2. The number of hydrogen-bond acceptors (Lipinski definition) is 6. The number of rotatable bonds is 3. The van der Waals surface area contributed by atoms with E-state index in [1.165, 1.54) is 9.58 Å². The van der Waals surface area contributed by atoms with E-state index in [0.717, 1.165) is 11.1 Å². The third kappa shape index (κ3) is 4.89. The Hall–Kier alpha value is -4.13. The minimum Gasteiger partial charge on any atom is -0.489 e. The molecule has 1 atom stereocenters. The highest BCUT2D eigenvalue weighted by molar-refractivity contribution is 6.00. The fraction of sp³-hybridized carbons (Fsp3) is 0.269. The summed E-state index contributed by atoms with van der Waals surface area (Å²) in [6.07, 6.45) is 3.93. The largest absolute Gasteiger partial charge is 0.489 e. The highest BCUT2D eigenvalue weighted by atomic mass is 16.5. The molecular formula is C26H24N4O5. The maximum atomic E-state index is 13.1. The van der Waals surface area contributed by atoms with E-state index in [9.17, 15) is 14.7 Å². The van der Waals surface area contributed by atoms with Gasteiger partial charge in [0, 0.05) is 25.2 Å². The smallest absolute Gasteiger partial charge is 0.342 e. The lowest BCUT2D eigenvalue weighted by Gasteiger charge is -2.30. The van der Waals surface area contributed by atoms with Gasteiger partial charge < -0.3 is 24.8 Å². The Balaban J connectivity index is 1.27. The summed E-state index contributed by atoms with van der Waals surface area (Å²) in [4.78, 5) is 27.3. The monoisotopic (exact) mass is 472 g/mol. The van der Waals surface area contributed by atoms with Crippen molar-refractivity contribution in [3.05, 3.63) is 77.6 Å². The molecule has 0 unspecified atom stereocenters. The zero-order valence-electron chi connectivity index (χ0n) is 19.1. The minimum absolute atomic E-state index is 0.0256. The van der Waals surface area contributed by atoms with Gasteiger partial charge in [0.1, 0.15) is 18.4 Å². The molecule has 0 spiro atoms. The number of likely N-dealkylation sites (N-methyl/N-ethyl adjacent to an activating group) is 1. The van der Waals surface area contributed by atoms with E-state index in [-0.39, 0.29) is 25.7 Å². The number of benzene rings is 2. The summed E-state index contributed by atoms with van der Waals surface area (Å²) in [5.74, 6) is 5.89. The van der Waals surface area contributed by atoms with Crippen molar-refractivity contribution in [1.29, 1.82) is 0 Å². The molecule has 2 aromatic carbocycles. The van der Waals surface area contributed by atoms with Crippen LogP contribution in [0.25, 0.3) is 0 Å². The lowest BCUT2D eigenvalue weighted by molar-refractivity contribution is -0.140. The van der Waals surface area contributed by atoms with Crippen LogP contribution >= 0.6 is 0 Å². The quantitative estimate of drug-likeness (QED) is 0.561. The second-order valence-corrected chi connectivity index (χ2v) is 8.62. The van der Waals surface area contributed by atoms with Gasteiger partial charge in [0.25, 0.3) is 5.91 Å². The van der Waals surface area contributed by atoms with Crippen molar-refractivity contribution in [1.82, 2.24) is 15.1 Å². The summed E-state index contributed by atoms with van der Waals surface area (Å²) >= 11 is 0. The van der Waals surface area contributed by atoms with Crippen molar-refractivity contribution >= 4 is 17.6 Å². The number of carbonyl (C=O) groups excluding carboxylic acids is 2. The topological polar surface area (TPSA) is 106 Å². The van der Waals surface area contributed by atoms with Gasteiger partial charge in [0.2, 0.25) is 0 Å². The summed E-state index contributed by atoms with van der Waals surface area (Å²) in [6, 6.07) is 13.7. The maximum absolute atomic E-state index is 13.1. The second kappa shape index (κ2) is 9.25. The molecule has 3 aromatic rings. The molecule has 0 radical (unpaired) electrons. The van der Waals surface area contributed by atoms with Crippen LogP contribution in [-0.2, 0) is 16.0 Å². The fourth-order valence-electron chi connectivity index (χ4n) is 3.84. The highest BCUT2D eigenvalue weighted by Crippen LogP contribution is 2.31. The van der Waals surface area contributed by atoms with E-state index in [1.807, 2.05) is 30.3 Å². The van der Waals surface area contributed by atoms with Gasteiger partial charge >= 0.3 is 6.03 Å². The number of fused-ring (bicyclic) bond motifs is 1. The lowest BCUT2D eigenvalue weighted by Crippen LogP contribution is -2.50. The van der Waals surface area contributed by atoms with E-state index >= 15 is 0 Å². The molecular weight excluding hydrogens is 448 g/mol. The Kier molecular flexibility index (Phi) is 5.99. The molecule has 2 aliphatic rings. The van der Waals surface area contributed by atoms with Gasteiger partial charge in [-0.3, -0.25) is 4.79 Å². The van der Waals surface area contributed by atoms with Gasteiger partial charge in [-0.15, -0.1) is 0 Å². The third-order valence-corrected chi connectivity index (χ3v) is 5.87. The number of hydrogen-bond donors (Lipinski definition) is 2. The summed E-state index contributed by atoms with van der Waals surface area (Å²) in [5.41, 5.74) is 2.01. The van der Waals surface area contributed by atoms with Crippen molar-refractivity contribution in [3.8, 4) is 17.6 Å². The molecule has 2 N–H and O–H groups in total.